The van der Waals surface area contributed by atoms with Crippen molar-refractivity contribution in [2.75, 3.05) is 34.0 Å². The SMILES string of the molecule is C=CC(=O)OCC(C)(C)C(=O)C(=O)N1CCCC[C@H]1C(=O)OC(CCc1ccc(OC)c(OC)c1)c1cc(OCC(=O)O)ccc1F. The Bertz CT molecular complexity index is 1490. The summed E-state index contributed by atoms with van der Waals surface area (Å²) >= 11 is 0. The van der Waals surface area contributed by atoms with Crippen molar-refractivity contribution in [1.82, 2.24) is 4.90 Å². The van der Waals surface area contributed by atoms with Gasteiger partial charge in [0.05, 0.1) is 19.6 Å². The number of hydrogen-bond donors (Lipinski definition) is 1. The number of nitrogens with zero attached hydrogens (tertiary/aromatic N) is 1. The lowest BCUT2D eigenvalue weighted by Gasteiger charge is -2.36. The molecule has 13 heteroatoms. The molecule has 12 nitrogen and oxygen atoms in total. The number of likely N-dealkylation sites (tertiary alicyclic amines) is 1. The van der Waals surface area contributed by atoms with E-state index in [9.17, 15) is 24.0 Å². The fourth-order valence-corrected chi connectivity index (χ4v) is 5.05. The number of halogens is 1. The van der Waals surface area contributed by atoms with Crippen LogP contribution in [0.3, 0.4) is 0 Å². The fraction of sp³-hybridized carbons (Fsp3) is 0.441. The molecule has 2 aromatic carbocycles. The van der Waals surface area contributed by atoms with Gasteiger partial charge in [-0.05, 0) is 81.8 Å². The normalized spacial score (nSPS) is 15.2. The molecule has 254 valence electrons. The number of carbonyl (C=O) groups excluding carboxylic acids is 4. The van der Waals surface area contributed by atoms with Crippen molar-refractivity contribution in [2.24, 2.45) is 5.41 Å². The summed E-state index contributed by atoms with van der Waals surface area (Å²) in [6, 6.07) is 7.70. The Morgan fingerprint density at radius 2 is 1.79 bits per heavy atom. The molecule has 1 amide bonds. The number of methoxy groups -OCH3 is 2. The van der Waals surface area contributed by atoms with Crippen molar-refractivity contribution in [1.29, 1.82) is 0 Å². The number of rotatable bonds is 16. The van der Waals surface area contributed by atoms with Gasteiger partial charge in [-0.25, -0.2) is 18.8 Å². The lowest BCUT2D eigenvalue weighted by molar-refractivity contribution is -0.165. The molecular formula is C34H40FNO11. The van der Waals surface area contributed by atoms with Gasteiger partial charge >= 0.3 is 17.9 Å². The van der Waals surface area contributed by atoms with Gasteiger partial charge in [0.15, 0.2) is 18.1 Å². The third kappa shape index (κ3) is 9.77. The quantitative estimate of drug-likeness (QED) is 0.157. The molecule has 1 aliphatic heterocycles. The summed E-state index contributed by atoms with van der Waals surface area (Å²) in [6.07, 6.45) is 1.45. The van der Waals surface area contributed by atoms with Crippen LogP contribution in [0.15, 0.2) is 49.1 Å². The second-order valence-corrected chi connectivity index (χ2v) is 11.6. The first kappa shape index (κ1) is 36.5. The lowest BCUT2D eigenvalue weighted by atomic mass is 9.87. The number of carbonyl (C=O) groups is 5. The van der Waals surface area contributed by atoms with E-state index >= 15 is 4.39 Å². The first-order valence-corrected chi connectivity index (χ1v) is 15.0. The number of Topliss-reactive ketones (excluding diaryl/α,β-unsaturated/α-hetero) is 1. The number of hydrogen-bond acceptors (Lipinski definition) is 10. The van der Waals surface area contributed by atoms with Crippen LogP contribution in [0.25, 0.3) is 0 Å². The van der Waals surface area contributed by atoms with Crippen molar-refractivity contribution in [3.63, 3.8) is 0 Å². The number of aliphatic carboxylic acids is 1. The highest BCUT2D eigenvalue weighted by Crippen LogP contribution is 2.33. The van der Waals surface area contributed by atoms with Crippen LogP contribution in [-0.4, -0.2) is 79.6 Å². The number of ether oxygens (including phenoxy) is 5. The highest BCUT2D eigenvalue weighted by atomic mass is 19.1. The third-order valence-electron chi connectivity index (χ3n) is 7.66. The fourth-order valence-electron chi connectivity index (χ4n) is 5.05. The molecule has 0 aromatic heterocycles. The molecule has 0 saturated carbocycles. The molecule has 1 fully saturated rings. The number of carboxylic acid groups (broad SMARTS) is 1. The zero-order valence-corrected chi connectivity index (χ0v) is 26.9. The van der Waals surface area contributed by atoms with Crippen LogP contribution < -0.4 is 14.2 Å². The molecule has 1 unspecified atom stereocenters. The summed E-state index contributed by atoms with van der Waals surface area (Å²) in [4.78, 5) is 64.2. The van der Waals surface area contributed by atoms with Crippen LogP contribution >= 0.6 is 0 Å². The van der Waals surface area contributed by atoms with E-state index in [-0.39, 0.29) is 37.3 Å². The van der Waals surface area contributed by atoms with Gasteiger partial charge in [-0.15, -0.1) is 0 Å². The predicted molar refractivity (Wildman–Crippen MR) is 166 cm³/mol. The number of ketones is 1. The summed E-state index contributed by atoms with van der Waals surface area (Å²) in [5.41, 5.74) is -0.679. The average Bonchev–Trinajstić information content (AvgIpc) is 3.07. The minimum atomic E-state index is -1.39. The number of piperidine rings is 1. The molecule has 0 spiro atoms. The largest absolute Gasteiger partial charge is 0.493 e. The van der Waals surface area contributed by atoms with Crippen LogP contribution in [0.1, 0.15) is 56.8 Å². The van der Waals surface area contributed by atoms with Crippen molar-refractivity contribution in [3.05, 3.63) is 66.0 Å². The highest BCUT2D eigenvalue weighted by molar-refractivity contribution is 6.38. The van der Waals surface area contributed by atoms with Crippen LogP contribution in [0.5, 0.6) is 17.2 Å². The molecule has 47 heavy (non-hydrogen) atoms. The molecule has 1 N–H and O–H groups in total. The van der Waals surface area contributed by atoms with Gasteiger partial charge in [0, 0.05) is 18.2 Å². The monoisotopic (exact) mass is 657 g/mol. The minimum Gasteiger partial charge on any atom is -0.493 e. The van der Waals surface area contributed by atoms with Crippen molar-refractivity contribution >= 4 is 29.6 Å². The first-order valence-electron chi connectivity index (χ1n) is 15.0. The second-order valence-electron chi connectivity index (χ2n) is 11.6. The van der Waals surface area contributed by atoms with E-state index in [0.717, 1.165) is 22.6 Å². The highest BCUT2D eigenvalue weighted by Gasteiger charge is 2.42. The smallest absolute Gasteiger partial charge is 0.341 e. The molecule has 0 aliphatic carbocycles. The Morgan fingerprint density at radius 1 is 1.06 bits per heavy atom. The minimum absolute atomic E-state index is 0.0513. The summed E-state index contributed by atoms with van der Waals surface area (Å²) in [5.74, 6) is -4.29. The molecule has 1 heterocycles. The second kappa shape index (κ2) is 16.6. The molecule has 1 aliphatic rings. The first-order chi connectivity index (χ1) is 22.3. The van der Waals surface area contributed by atoms with E-state index in [1.165, 1.54) is 40.2 Å². The number of carboxylic acids is 1. The van der Waals surface area contributed by atoms with Crippen LogP contribution in [0.2, 0.25) is 0 Å². The van der Waals surface area contributed by atoms with E-state index < -0.39 is 59.6 Å². The van der Waals surface area contributed by atoms with Crippen molar-refractivity contribution in [3.8, 4) is 17.2 Å². The van der Waals surface area contributed by atoms with Gasteiger partial charge in [-0.3, -0.25) is 9.59 Å². The Hall–Kier alpha value is -4.94. The predicted octanol–water partition coefficient (Wildman–Crippen LogP) is 4.23. The number of benzene rings is 2. The Morgan fingerprint density at radius 3 is 2.45 bits per heavy atom. The molecule has 0 radical (unpaired) electrons. The molecule has 0 bridgehead atoms. The molecule has 2 aromatic rings. The molecular weight excluding hydrogens is 617 g/mol. The van der Waals surface area contributed by atoms with E-state index in [1.807, 2.05) is 0 Å². The maximum atomic E-state index is 15.3. The molecule has 1 saturated heterocycles. The van der Waals surface area contributed by atoms with Gasteiger partial charge in [0.2, 0.25) is 5.78 Å². The summed E-state index contributed by atoms with van der Waals surface area (Å²) in [5, 5.41) is 9.02. The van der Waals surface area contributed by atoms with E-state index in [4.69, 9.17) is 28.8 Å². The van der Waals surface area contributed by atoms with Gasteiger partial charge < -0.3 is 33.7 Å². The van der Waals surface area contributed by atoms with Crippen LogP contribution in [-0.2, 0) is 39.9 Å². The van der Waals surface area contributed by atoms with Crippen molar-refractivity contribution < 1.29 is 57.2 Å². The lowest BCUT2D eigenvalue weighted by Crippen LogP contribution is -2.53. The van der Waals surface area contributed by atoms with E-state index in [0.29, 0.717) is 30.8 Å². The number of aryl methyl sites for hydroxylation is 1. The standard InChI is InChI=1S/C34H40FNO11/c1-6-30(39)46-20-34(2,3)31(40)32(41)36-16-8-7-9-25(36)33(42)47-26(14-10-21-11-15-27(43-4)28(17-21)44-5)23-18-22(12-13-24(23)35)45-19-29(37)38/h6,11-13,15,17-18,25-26H,1,7-10,14,16,19-20H2,2-5H3,(H,37,38)/t25-,26?/m0/s1. The third-order valence-corrected chi connectivity index (χ3v) is 7.66. The van der Waals surface area contributed by atoms with Gasteiger partial charge in [0.1, 0.15) is 30.3 Å². The summed E-state index contributed by atoms with van der Waals surface area (Å²) in [7, 11) is 2.99. The zero-order chi connectivity index (χ0) is 34.7. The maximum absolute atomic E-state index is 15.3. The maximum Gasteiger partial charge on any atom is 0.341 e. The van der Waals surface area contributed by atoms with Crippen molar-refractivity contribution in [2.45, 2.75) is 58.1 Å². The summed E-state index contributed by atoms with van der Waals surface area (Å²) in [6.45, 7) is 5.28. The van der Waals surface area contributed by atoms with Gasteiger partial charge in [-0.2, -0.15) is 0 Å². The Labute approximate surface area is 272 Å². The number of esters is 2. The number of amides is 1. The van der Waals surface area contributed by atoms with Gasteiger partial charge in [-0.1, -0.05) is 12.6 Å². The Kier molecular flexibility index (Phi) is 12.9. The summed E-state index contributed by atoms with van der Waals surface area (Å²) < 4.78 is 42.1. The Balaban J connectivity index is 1.89. The zero-order valence-electron chi connectivity index (χ0n) is 26.9. The van der Waals surface area contributed by atoms with E-state index in [2.05, 4.69) is 6.58 Å². The van der Waals surface area contributed by atoms with Gasteiger partial charge in [0.25, 0.3) is 5.91 Å². The average molecular weight is 658 g/mol. The van der Waals surface area contributed by atoms with E-state index in [1.54, 1.807) is 18.2 Å². The topological polar surface area (TPSA) is 155 Å². The molecule has 3 rings (SSSR count). The van der Waals surface area contributed by atoms with Crippen LogP contribution in [0.4, 0.5) is 4.39 Å². The molecule has 2 atom stereocenters. The van der Waals surface area contributed by atoms with Crippen LogP contribution in [0, 0.1) is 11.2 Å².